The lowest BCUT2D eigenvalue weighted by atomic mass is 10.1. The van der Waals surface area contributed by atoms with Crippen LogP contribution in [0, 0.1) is 13.8 Å². The third-order valence-electron chi connectivity index (χ3n) is 3.59. The Morgan fingerprint density at radius 1 is 0.957 bits per heavy atom. The maximum Gasteiger partial charge on any atom is 0.321 e. The van der Waals surface area contributed by atoms with E-state index in [4.69, 9.17) is 0 Å². The van der Waals surface area contributed by atoms with Crippen LogP contribution in [0.4, 0.5) is 10.5 Å². The Balaban J connectivity index is 1.76. The number of carbonyl (C=O) groups excluding carboxylic acids is 2. The molecule has 0 heterocycles. The number of urea groups is 1. The molecule has 0 aromatic heterocycles. The van der Waals surface area contributed by atoms with E-state index in [1.807, 2.05) is 62.4 Å². The lowest BCUT2D eigenvalue weighted by Gasteiger charge is -2.11. The van der Waals surface area contributed by atoms with Gasteiger partial charge in [0.05, 0.1) is 6.54 Å². The number of rotatable bonds is 5. The highest BCUT2D eigenvalue weighted by molar-refractivity contribution is 5.96. The topological polar surface area (TPSA) is 70.2 Å². The van der Waals surface area contributed by atoms with Crippen molar-refractivity contribution in [2.75, 3.05) is 11.9 Å². The van der Waals surface area contributed by atoms with Crippen LogP contribution in [-0.4, -0.2) is 18.5 Å². The van der Waals surface area contributed by atoms with Gasteiger partial charge in [-0.15, -0.1) is 0 Å². The van der Waals surface area contributed by atoms with Gasteiger partial charge in [-0.2, -0.15) is 0 Å². The fraction of sp³-hybridized carbons (Fsp3) is 0.222. The summed E-state index contributed by atoms with van der Waals surface area (Å²) in [7, 11) is 0. The molecule has 0 saturated heterocycles. The first kappa shape index (κ1) is 16.5. The molecule has 0 unspecified atom stereocenters. The highest BCUT2D eigenvalue weighted by Gasteiger charge is 2.08. The molecule has 2 rings (SSSR count). The Kier molecular flexibility index (Phi) is 5.74. The fourth-order valence-electron chi connectivity index (χ4n) is 2.11. The molecule has 5 nitrogen and oxygen atoms in total. The zero-order valence-corrected chi connectivity index (χ0v) is 13.3. The molecule has 0 radical (unpaired) electrons. The van der Waals surface area contributed by atoms with Crippen LogP contribution in [0.15, 0.2) is 48.5 Å². The van der Waals surface area contributed by atoms with Crippen LogP contribution >= 0.6 is 0 Å². The number of nitrogens with one attached hydrogen (secondary N) is 3. The number of benzene rings is 2. The summed E-state index contributed by atoms with van der Waals surface area (Å²) in [6.45, 7) is 4.42. The maximum atomic E-state index is 11.8. The van der Waals surface area contributed by atoms with Crippen molar-refractivity contribution in [1.82, 2.24) is 10.6 Å². The van der Waals surface area contributed by atoms with Crippen molar-refractivity contribution >= 4 is 17.6 Å². The van der Waals surface area contributed by atoms with E-state index in [2.05, 4.69) is 16.0 Å². The van der Waals surface area contributed by atoms with E-state index < -0.39 is 6.03 Å². The van der Waals surface area contributed by atoms with E-state index in [-0.39, 0.29) is 12.5 Å². The molecule has 0 aliphatic carbocycles. The second-order valence-corrected chi connectivity index (χ2v) is 5.32. The second kappa shape index (κ2) is 7.98. The summed E-state index contributed by atoms with van der Waals surface area (Å²) in [4.78, 5) is 23.5. The molecule has 5 heteroatoms. The van der Waals surface area contributed by atoms with Crippen LogP contribution in [0.3, 0.4) is 0 Å². The van der Waals surface area contributed by atoms with Crippen LogP contribution in [0.1, 0.15) is 16.7 Å². The van der Waals surface area contributed by atoms with Crippen LogP contribution < -0.4 is 16.0 Å². The Hall–Kier alpha value is -2.82. The van der Waals surface area contributed by atoms with Gasteiger partial charge in [0.25, 0.3) is 0 Å². The van der Waals surface area contributed by atoms with Crippen molar-refractivity contribution in [3.8, 4) is 0 Å². The van der Waals surface area contributed by atoms with Crippen LogP contribution in [0.2, 0.25) is 0 Å². The summed E-state index contributed by atoms with van der Waals surface area (Å²) >= 11 is 0. The predicted octanol–water partition coefficient (Wildman–Crippen LogP) is 2.74. The van der Waals surface area contributed by atoms with Crippen molar-refractivity contribution in [2.24, 2.45) is 0 Å². The molecule has 0 fully saturated rings. The third-order valence-corrected chi connectivity index (χ3v) is 3.59. The quantitative estimate of drug-likeness (QED) is 0.795. The van der Waals surface area contributed by atoms with Gasteiger partial charge in [0.15, 0.2) is 0 Å². The largest absolute Gasteiger partial charge is 0.376 e. The van der Waals surface area contributed by atoms with Crippen molar-refractivity contribution in [1.29, 1.82) is 0 Å². The summed E-state index contributed by atoms with van der Waals surface area (Å²) in [6, 6.07) is 14.9. The van der Waals surface area contributed by atoms with Crippen molar-refractivity contribution < 1.29 is 9.59 Å². The number of hydrogen-bond donors (Lipinski definition) is 3. The zero-order chi connectivity index (χ0) is 16.7. The Morgan fingerprint density at radius 2 is 1.70 bits per heavy atom. The highest BCUT2D eigenvalue weighted by atomic mass is 16.2. The second-order valence-electron chi connectivity index (χ2n) is 5.32. The Labute approximate surface area is 136 Å². The molecule has 0 bridgehead atoms. The number of carbonyl (C=O) groups is 2. The van der Waals surface area contributed by atoms with Crippen LogP contribution in [-0.2, 0) is 11.3 Å². The first-order valence-corrected chi connectivity index (χ1v) is 7.48. The van der Waals surface area contributed by atoms with E-state index >= 15 is 0 Å². The summed E-state index contributed by atoms with van der Waals surface area (Å²) in [6.07, 6.45) is 0. The van der Waals surface area contributed by atoms with E-state index in [1.54, 1.807) is 0 Å². The average molecular weight is 311 g/mol. The van der Waals surface area contributed by atoms with E-state index in [1.165, 1.54) is 0 Å². The molecule has 120 valence electrons. The lowest BCUT2D eigenvalue weighted by Crippen LogP contribution is -2.41. The van der Waals surface area contributed by atoms with Crippen LogP contribution in [0.5, 0.6) is 0 Å². The van der Waals surface area contributed by atoms with Gasteiger partial charge >= 0.3 is 6.03 Å². The Bertz CT molecular complexity index is 684. The molecular formula is C18H21N3O2. The fourth-order valence-corrected chi connectivity index (χ4v) is 2.11. The molecule has 23 heavy (non-hydrogen) atoms. The van der Waals surface area contributed by atoms with Crippen molar-refractivity contribution in [3.63, 3.8) is 0 Å². The summed E-state index contributed by atoms with van der Waals surface area (Å²) < 4.78 is 0. The van der Waals surface area contributed by atoms with Gasteiger partial charge in [0.2, 0.25) is 5.91 Å². The number of anilines is 1. The van der Waals surface area contributed by atoms with Gasteiger partial charge in [-0.25, -0.2) is 4.79 Å². The molecule has 3 amide bonds. The molecule has 0 atom stereocenters. The number of hydrogen-bond acceptors (Lipinski definition) is 3. The van der Waals surface area contributed by atoms with Gasteiger partial charge in [-0.3, -0.25) is 10.1 Å². The predicted molar refractivity (Wildman–Crippen MR) is 91.2 cm³/mol. The summed E-state index contributed by atoms with van der Waals surface area (Å²) in [5.74, 6) is -0.378. The zero-order valence-electron chi connectivity index (χ0n) is 13.3. The number of aryl methyl sites for hydroxylation is 1. The minimum absolute atomic E-state index is 0.0447. The average Bonchev–Trinajstić information content (AvgIpc) is 2.55. The molecule has 0 aliphatic rings. The van der Waals surface area contributed by atoms with E-state index in [9.17, 15) is 9.59 Å². The molecule has 2 aromatic carbocycles. The first-order valence-electron chi connectivity index (χ1n) is 7.48. The SMILES string of the molecule is Cc1cccc(NCC(=O)NC(=O)NCc2ccccc2)c1C. The van der Waals surface area contributed by atoms with Crippen molar-refractivity contribution in [2.45, 2.75) is 20.4 Å². The minimum Gasteiger partial charge on any atom is -0.376 e. The number of imide groups is 1. The normalized spacial score (nSPS) is 10.0. The van der Waals surface area contributed by atoms with Crippen molar-refractivity contribution in [3.05, 3.63) is 65.2 Å². The summed E-state index contributed by atoms with van der Waals surface area (Å²) in [5.41, 5.74) is 4.11. The summed E-state index contributed by atoms with van der Waals surface area (Å²) in [5, 5.41) is 7.99. The van der Waals surface area contributed by atoms with Gasteiger partial charge in [0, 0.05) is 12.2 Å². The molecule has 2 aromatic rings. The number of amides is 3. The molecule has 3 N–H and O–H groups in total. The van der Waals surface area contributed by atoms with Crippen LogP contribution in [0.25, 0.3) is 0 Å². The third kappa shape index (κ3) is 5.14. The Morgan fingerprint density at radius 3 is 2.43 bits per heavy atom. The monoisotopic (exact) mass is 311 g/mol. The van der Waals surface area contributed by atoms with E-state index in [0.717, 1.165) is 22.4 Å². The smallest absolute Gasteiger partial charge is 0.321 e. The highest BCUT2D eigenvalue weighted by Crippen LogP contribution is 2.17. The van der Waals surface area contributed by atoms with Gasteiger partial charge in [-0.1, -0.05) is 42.5 Å². The molecular weight excluding hydrogens is 290 g/mol. The molecule has 0 saturated carbocycles. The minimum atomic E-state index is -0.499. The van der Waals surface area contributed by atoms with Gasteiger partial charge in [0.1, 0.15) is 0 Å². The molecule has 0 spiro atoms. The van der Waals surface area contributed by atoms with Gasteiger partial charge < -0.3 is 10.6 Å². The van der Waals surface area contributed by atoms with E-state index in [0.29, 0.717) is 6.54 Å². The maximum absolute atomic E-state index is 11.8. The van der Waals surface area contributed by atoms with Gasteiger partial charge in [-0.05, 0) is 36.6 Å². The standard InChI is InChI=1S/C18H21N3O2/c1-13-7-6-10-16(14(13)2)19-12-17(22)21-18(23)20-11-15-8-4-3-5-9-15/h3-10,19H,11-12H2,1-2H3,(H2,20,21,22,23). The first-order chi connectivity index (χ1) is 11.1. The lowest BCUT2D eigenvalue weighted by molar-refractivity contribution is -0.118. The molecule has 0 aliphatic heterocycles.